The minimum Gasteiger partial charge on any atom is -0.494 e. The SMILES string of the molecule is N#CCCCOc1cccc(CNCC(=O)NCC(F)(F)F)c1. The van der Waals surface area contributed by atoms with Crippen molar-refractivity contribution in [2.75, 3.05) is 19.7 Å². The molecule has 0 fully saturated rings. The van der Waals surface area contributed by atoms with Crippen molar-refractivity contribution in [3.8, 4) is 11.8 Å². The number of rotatable bonds is 9. The molecule has 1 amide bonds. The molecule has 0 spiro atoms. The summed E-state index contributed by atoms with van der Waals surface area (Å²) in [6.07, 6.45) is -3.35. The van der Waals surface area contributed by atoms with Crippen molar-refractivity contribution in [3.05, 3.63) is 29.8 Å². The van der Waals surface area contributed by atoms with Gasteiger partial charge in [0.15, 0.2) is 0 Å². The van der Waals surface area contributed by atoms with Gasteiger partial charge < -0.3 is 15.4 Å². The Morgan fingerprint density at radius 1 is 1.35 bits per heavy atom. The lowest BCUT2D eigenvalue weighted by molar-refractivity contribution is -0.137. The van der Waals surface area contributed by atoms with E-state index in [-0.39, 0.29) is 6.54 Å². The molecule has 0 heterocycles. The number of benzene rings is 1. The summed E-state index contributed by atoms with van der Waals surface area (Å²) in [4.78, 5) is 11.2. The fourth-order valence-electron chi connectivity index (χ4n) is 1.67. The third-order valence-corrected chi connectivity index (χ3v) is 2.70. The Bertz CT molecular complexity index is 542. The van der Waals surface area contributed by atoms with Crippen molar-refractivity contribution >= 4 is 5.91 Å². The van der Waals surface area contributed by atoms with Gasteiger partial charge in [-0.25, -0.2) is 0 Å². The van der Waals surface area contributed by atoms with E-state index >= 15 is 0 Å². The molecule has 8 heteroatoms. The van der Waals surface area contributed by atoms with Crippen molar-refractivity contribution in [1.82, 2.24) is 10.6 Å². The zero-order valence-electron chi connectivity index (χ0n) is 12.4. The predicted molar refractivity (Wildman–Crippen MR) is 77.6 cm³/mol. The van der Waals surface area contributed by atoms with Crippen molar-refractivity contribution in [3.63, 3.8) is 0 Å². The molecule has 0 aliphatic carbocycles. The van der Waals surface area contributed by atoms with Crippen LogP contribution in [0.15, 0.2) is 24.3 Å². The van der Waals surface area contributed by atoms with E-state index in [0.717, 1.165) is 5.56 Å². The van der Waals surface area contributed by atoms with Crippen molar-refractivity contribution < 1.29 is 22.7 Å². The fraction of sp³-hybridized carbons (Fsp3) is 0.467. The monoisotopic (exact) mass is 329 g/mol. The number of carbonyl (C=O) groups excluding carboxylic acids is 1. The van der Waals surface area contributed by atoms with Crippen molar-refractivity contribution in [2.24, 2.45) is 0 Å². The van der Waals surface area contributed by atoms with Gasteiger partial charge in [-0.3, -0.25) is 4.79 Å². The van der Waals surface area contributed by atoms with E-state index in [1.54, 1.807) is 23.5 Å². The highest BCUT2D eigenvalue weighted by Crippen LogP contribution is 2.14. The highest BCUT2D eigenvalue weighted by atomic mass is 19.4. The summed E-state index contributed by atoms with van der Waals surface area (Å²) in [5.41, 5.74) is 0.839. The van der Waals surface area contributed by atoms with Crippen LogP contribution in [0.25, 0.3) is 0 Å². The van der Waals surface area contributed by atoms with Gasteiger partial charge in [0.05, 0.1) is 19.2 Å². The summed E-state index contributed by atoms with van der Waals surface area (Å²) in [5.74, 6) is -0.0741. The molecule has 1 aromatic carbocycles. The first-order chi connectivity index (χ1) is 10.9. The maximum absolute atomic E-state index is 11.9. The van der Waals surface area contributed by atoms with Gasteiger partial charge in [0.2, 0.25) is 5.91 Å². The zero-order chi connectivity index (χ0) is 17.1. The molecule has 0 aliphatic heterocycles. The van der Waals surface area contributed by atoms with Crippen LogP contribution in [0.2, 0.25) is 0 Å². The number of unbranched alkanes of at least 4 members (excludes halogenated alkanes) is 1. The smallest absolute Gasteiger partial charge is 0.405 e. The number of halogens is 3. The van der Waals surface area contributed by atoms with Gasteiger partial charge in [-0.15, -0.1) is 0 Å². The number of nitrogens with zero attached hydrogens (tertiary/aromatic N) is 1. The molecule has 1 rings (SSSR count). The van der Waals surface area contributed by atoms with Crippen LogP contribution < -0.4 is 15.4 Å². The van der Waals surface area contributed by atoms with Gasteiger partial charge in [0.1, 0.15) is 12.3 Å². The summed E-state index contributed by atoms with van der Waals surface area (Å²) < 4.78 is 41.3. The van der Waals surface area contributed by atoms with Crippen LogP contribution >= 0.6 is 0 Å². The molecule has 0 aliphatic rings. The molecule has 0 radical (unpaired) electrons. The number of amides is 1. The van der Waals surface area contributed by atoms with Crippen molar-refractivity contribution in [2.45, 2.75) is 25.6 Å². The highest BCUT2D eigenvalue weighted by Gasteiger charge is 2.27. The first-order valence-electron chi connectivity index (χ1n) is 7.03. The van der Waals surface area contributed by atoms with Crippen LogP contribution in [-0.4, -0.2) is 31.8 Å². The largest absolute Gasteiger partial charge is 0.494 e. The second-order valence-corrected chi connectivity index (χ2v) is 4.75. The van der Waals surface area contributed by atoms with Gasteiger partial charge in [-0.2, -0.15) is 18.4 Å². The average molecular weight is 329 g/mol. The lowest BCUT2D eigenvalue weighted by atomic mass is 10.2. The van der Waals surface area contributed by atoms with E-state index in [0.29, 0.717) is 31.7 Å². The van der Waals surface area contributed by atoms with E-state index in [1.807, 2.05) is 12.1 Å². The predicted octanol–water partition coefficient (Wildman–Crippen LogP) is 2.14. The number of carbonyl (C=O) groups is 1. The number of hydrogen-bond acceptors (Lipinski definition) is 4. The van der Waals surface area contributed by atoms with Crippen LogP contribution in [0.4, 0.5) is 13.2 Å². The Kier molecular flexibility index (Phi) is 7.91. The lowest BCUT2D eigenvalue weighted by Gasteiger charge is -2.10. The zero-order valence-corrected chi connectivity index (χ0v) is 12.4. The Morgan fingerprint density at radius 3 is 2.83 bits per heavy atom. The van der Waals surface area contributed by atoms with E-state index in [2.05, 4.69) is 5.32 Å². The van der Waals surface area contributed by atoms with Crippen LogP contribution in [0.5, 0.6) is 5.75 Å². The standard InChI is InChI=1S/C15H18F3N3O2/c16-15(17,18)11-21-14(22)10-20-9-12-4-3-5-13(8-12)23-7-2-1-6-19/h3-5,8,20H,1-2,7,9-11H2,(H,21,22). The molecular formula is C15H18F3N3O2. The van der Waals surface area contributed by atoms with Crippen LogP contribution in [0, 0.1) is 11.3 Å². The topological polar surface area (TPSA) is 74.1 Å². The lowest BCUT2D eigenvalue weighted by Crippen LogP contribution is -2.39. The van der Waals surface area contributed by atoms with E-state index < -0.39 is 18.6 Å². The first-order valence-corrected chi connectivity index (χ1v) is 7.03. The van der Waals surface area contributed by atoms with E-state index in [4.69, 9.17) is 10.00 Å². The molecule has 1 aromatic rings. The minimum atomic E-state index is -4.41. The van der Waals surface area contributed by atoms with Crippen LogP contribution in [0.1, 0.15) is 18.4 Å². The average Bonchev–Trinajstić information content (AvgIpc) is 2.49. The van der Waals surface area contributed by atoms with Gasteiger partial charge >= 0.3 is 6.18 Å². The molecule has 5 nitrogen and oxygen atoms in total. The molecule has 126 valence electrons. The molecule has 0 bridgehead atoms. The Balaban J connectivity index is 2.29. The molecular weight excluding hydrogens is 311 g/mol. The van der Waals surface area contributed by atoms with Gasteiger partial charge in [-0.1, -0.05) is 12.1 Å². The number of hydrogen-bond donors (Lipinski definition) is 2. The number of alkyl halides is 3. The summed E-state index contributed by atoms with van der Waals surface area (Å²) in [5, 5.41) is 13.0. The van der Waals surface area contributed by atoms with E-state index in [9.17, 15) is 18.0 Å². The summed E-state index contributed by atoms with van der Waals surface area (Å²) in [6.45, 7) is -0.776. The maximum Gasteiger partial charge on any atom is 0.405 e. The number of nitriles is 1. The highest BCUT2D eigenvalue weighted by molar-refractivity contribution is 5.78. The Labute approximate surface area is 132 Å². The molecule has 0 aromatic heterocycles. The van der Waals surface area contributed by atoms with Gasteiger partial charge in [0, 0.05) is 13.0 Å². The quantitative estimate of drug-likeness (QED) is 0.681. The Morgan fingerprint density at radius 2 is 2.13 bits per heavy atom. The normalized spacial score (nSPS) is 10.9. The second-order valence-electron chi connectivity index (χ2n) is 4.75. The second kappa shape index (κ2) is 9.69. The molecule has 23 heavy (non-hydrogen) atoms. The molecule has 0 saturated carbocycles. The summed E-state index contributed by atoms with van der Waals surface area (Å²) in [7, 11) is 0. The molecule has 2 N–H and O–H groups in total. The molecule has 0 atom stereocenters. The van der Waals surface area contributed by atoms with Crippen molar-refractivity contribution in [1.29, 1.82) is 5.26 Å². The maximum atomic E-state index is 11.9. The van der Waals surface area contributed by atoms with E-state index in [1.165, 1.54) is 0 Å². The number of nitrogens with one attached hydrogen (secondary N) is 2. The third kappa shape index (κ3) is 9.37. The third-order valence-electron chi connectivity index (χ3n) is 2.70. The molecule has 0 unspecified atom stereocenters. The molecule has 0 saturated heterocycles. The van der Waals surface area contributed by atoms with Crippen LogP contribution in [-0.2, 0) is 11.3 Å². The number of ether oxygens (including phenoxy) is 1. The Hall–Kier alpha value is -2.27. The minimum absolute atomic E-state index is 0.205. The fourth-order valence-corrected chi connectivity index (χ4v) is 1.67. The summed E-state index contributed by atoms with van der Waals surface area (Å²) >= 11 is 0. The van der Waals surface area contributed by atoms with Gasteiger partial charge in [0.25, 0.3) is 0 Å². The van der Waals surface area contributed by atoms with Crippen LogP contribution in [0.3, 0.4) is 0 Å². The van der Waals surface area contributed by atoms with Gasteiger partial charge in [-0.05, 0) is 24.1 Å². The first kappa shape index (κ1) is 18.8. The summed E-state index contributed by atoms with van der Waals surface area (Å²) in [6, 6.07) is 9.15.